The molecule has 1 aliphatic rings. The molecule has 1 fully saturated rings. The van der Waals surface area contributed by atoms with Crippen molar-refractivity contribution in [1.29, 1.82) is 0 Å². The monoisotopic (exact) mass is 483 g/mol. The Morgan fingerprint density at radius 3 is 2.28 bits per heavy atom. The van der Waals surface area contributed by atoms with E-state index >= 15 is 0 Å². The molecule has 0 saturated carbocycles. The van der Waals surface area contributed by atoms with Crippen LogP contribution in [0.1, 0.15) is 5.56 Å². The van der Waals surface area contributed by atoms with Crippen LogP contribution < -0.4 is 9.64 Å². The first-order valence-electron chi connectivity index (χ1n) is 9.76. The molecule has 1 aliphatic heterocycles. The van der Waals surface area contributed by atoms with Crippen LogP contribution >= 0.6 is 11.3 Å². The molecule has 1 saturated heterocycles. The summed E-state index contributed by atoms with van der Waals surface area (Å²) in [6.07, 6.45) is -4.83. The van der Waals surface area contributed by atoms with Crippen LogP contribution in [0.2, 0.25) is 0 Å². The number of thiazole rings is 1. The Morgan fingerprint density at radius 1 is 1.00 bits per heavy atom. The third kappa shape index (κ3) is 4.89. The Labute approximate surface area is 187 Å². The molecule has 2 aromatic carbocycles. The summed E-state index contributed by atoms with van der Waals surface area (Å²) in [7, 11) is -3.82. The molecule has 4 rings (SSSR count). The zero-order valence-electron chi connectivity index (χ0n) is 17.0. The molecule has 0 spiro atoms. The predicted octanol–water partition coefficient (Wildman–Crippen LogP) is 4.53. The number of rotatable bonds is 5. The molecule has 2 heterocycles. The van der Waals surface area contributed by atoms with Crippen molar-refractivity contribution in [1.82, 2.24) is 9.29 Å². The molecule has 3 aromatic rings. The molecule has 0 atom stereocenters. The van der Waals surface area contributed by atoms with Gasteiger partial charge in [-0.15, -0.1) is 24.5 Å². The van der Waals surface area contributed by atoms with E-state index < -0.39 is 22.1 Å². The number of anilines is 1. The van der Waals surface area contributed by atoms with Gasteiger partial charge in [0.2, 0.25) is 10.0 Å². The Morgan fingerprint density at radius 2 is 1.66 bits per heavy atom. The standard InChI is InChI=1S/C21H20F3N3O3S2/c1-15-4-2-3-5-18(15)19-14-31-20(25-19)26-10-12-27(13-11-26)32(28,29)17-8-6-16(7-9-17)30-21(22,23)24/h2-9,14H,10-13H2,1H3. The van der Waals surface area contributed by atoms with E-state index in [9.17, 15) is 21.6 Å². The molecule has 0 bridgehead atoms. The van der Waals surface area contributed by atoms with Crippen molar-refractivity contribution in [3.63, 3.8) is 0 Å². The maximum Gasteiger partial charge on any atom is 0.573 e. The Bertz CT molecular complexity index is 1190. The van der Waals surface area contributed by atoms with Gasteiger partial charge in [0.25, 0.3) is 0 Å². The first-order chi connectivity index (χ1) is 15.1. The van der Waals surface area contributed by atoms with Crippen LogP contribution in [-0.2, 0) is 10.0 Å². The van der Waals surface area contributed by atoms with Gasteiger partial charge in [0.05, 0.1) is 10.6 Å². The van der Waals surface area contributed by atoms with Crippen LogP contribution in [0.4, 0.5) is 18.3 Å². The molecule has 0 unspecified atom stereocenters. The van der Waals surface area contributed by atoms with Crippen LogP contribution in [0.5, 0.6) is 5.75 Å². The lowest BCUT2D eigenvalue weighted by Gasteiger charge is -2.33. The van der Waals surface area contributed by atoms with Crippen LogP contribution in [0.15, 0.2) is 58.8 Å². The highest BCUT2D eigenvalue weighted by molar-refractivity contribution is 7.89. The number of aromatic nitrogens is 1. The lowest BCUT2D eigenvalue weighted by molar-refractivity contribution is -0.274. The van der Waals surface area contributed by atoms with Crippen LogP contribution in [0.25, 0.3) is 11.3 Å². The van der Waals surface area contributed by atoms with Gasteiger partial charge in [-0.1, -0.05) is 24.3 Å². The largest absolute Gasteiger partial charge is 0.573 e. The fourth-order valence-electron chi connectivity index (χ4n) is 3.48. The number of ether oxygens (including phenoxy) is 1. The van der Waals surface area contributed by atoms with E-state index in [4.69, 9.17) is 4.98 Å². The summed E-state index contributed by atoms with van der Waals surface area (Å²) in [5.41, 5.74) is 3.08. The summed E-state index contributed by atoms with van der Waals surface area (Å²) >= 11 is 1.51. The molecule has 0 N–H and O–H groups in total. The third-order valence-electron chi connectivity index (χ3n) is 5.12. The maximum absolute atomic E-state index is 12.9. The van der Waals surface area contributed by atoms with Gasteiger partial charge in [-0.3, -0.25) is 0 Å². The Kier molecular flexibility index (Phi) is 6.15. The fraction of sp³-hybridized carbons (Fsp3) is 0.286. The number of aryl methyl sites for hydroxylation is 1. The Hall–Kier alpha value is -2.63. The maximum atomic E-state index is 12.9. The summed E-state index contributed by atoms with van der Waals surface area (Å²) in [6.45, 7) is 3.47. The summed E-state index contributed by atoms with van der Waals surface area (Å²) in [5, 5.41) is 2.82. The number of benzene rings is 2. The number of nitrogens with zero attached hydrogens (tertiary/aromatic N) is 3. The minimum Gasteiger partial charge on any atom is -0.406 e. The molecule has 0 radical (unpaired) electrons. The molecule has 11 heteroatoms. The van der Waals surface area contributed by atoms with E-state index in [2.05, 4.69) is 4.74 Å². The first kappa shape index (κ1) is 22.6. The van der Waals surface area contributed by atoms with Crippen LogP contribution in [0.3, 0.4) is 0 Å². The second-order valence-corrected chi connectivity index (χ2v) is 10.0. The normalized spacial score (nSPS) is 15.7. The van der Waals surface area contributed by atoms with Crippen molar-refractivity contribution in [3.05, 3.63) is 59.5 Å². The van der Waals surface area contributed by atoms with Crippen LogP contribution in [0, 0.1) is 6.92 Å². The van der Waals surface area contributed by atoms with Gasteiger partial charge in [0.15, 0.2) is 5.13 Å². The topological polar surface area (TPSA) is 62.7 Å². The zero-order valence-corrected chi connectivity index (χ0v) is 18.7. The second-order valence-electron chi connectivity index (χ2n) is 7.24. The van der Waals surface area contributed by atoms with Crippen molar-refractivity contribution in [3.8, 4) is 17.0 Å². The second kappa shape index (κ2) is 8.72. The van der Waals surface area contributed by atoms with Crippen molar-refractivity contribution in [2.45, 2.75) is 18.2 Å². The number of halogens is 3. The van der Waals surface area contributed by atoms with E-state index in [-0.39, 0.29) is 18.0 Å². The van der Waals surface area contributed by atoms with E-state index in [1.807, 2.05) is 41.5 Å². The molecule has 170 valence electrons. The van der Waals surface area contributed by atoms with Gasteiger partial charge < -0.3 is 9.64 Å². The average Bonchev–Trinajstić information content (AvgIpc) is 3.23. The van der Waals surface area contributed by atoms with Crippen molar-refractivity contribution >= 4 is 26.5 Å². The summed E-state index contributed by atoms with van der Waals surface area (Å²) in [4.78, 5) is 6.69. The number of hydrogen-bond donors (Lipinski definition) is 0. The fourth-order valence-corrected chi connectivity index (χ4v) is 5.78. The lowest BCUT2D eigenvalue weighted by Crippen LogP contribution is -2.48. The Balaban J connectivity index is 1.42. The highest BCUT2D eigenvalue weighted by Crippen LogP contribution is 2.31. The third-order valence-corrected chi connectivity index (χ3v) is 7.93. The van der Waals surface area contributed by atoms with Gasteiger partial charge in [0.1, 0.15) is 5.75 Å². The number of piperazine rings is 1. The molecule has 6 nitrogen and oxygen atoms in total. The zero-order chi connectivity index (χ0) is 22.9. The molecule has 0 aliphatic carbocycles. The van der Waals surface area contributed by atoms with E-state index in [0.29, 0.717) is 13.1 Å². The van der Waals surface area contributed by atoms with Gasteiger partial charge >= 0.3 is 6.36 Å². The molecule has 1 aromatic heterocycles. The SMILES string of the molecule is Cc1ccccc1-c1csc(N2CCN(S(=O)(=O)c3ccc(OC(F)(F)F)cc3)CC2)n1. The smallest absolute Gasteiger partial charge is 0.406 e. The quantitative estimate of drug-likeness (QED) is 0.534. The van der Waals surface area contributed by atoms with Crippen molar-refractivity contribution in [2.75, 3.05) is 31.1 Å². The summed E-state index contributed by atoms with van der Waals surface area (Å²) in [6, 6.07) is 12.2. The summed E-state index contributed by atoms with van der Waals surface area (Å²) in [5.74, 6) is -0.463. The van der Waals surface area contributed by atoms with E-state index in [1.54, 1.807) is 0 Å². The van der Waals surface area contributed by atoms with Gasteiger partial charge in [-0.25, -0.2) is 13.4 Å². The molecular formula is C21H20F3N3O3S2. The lowest BCUT2D eigenvalue weighted by atomic mass is 10.1. The summed E-state index contributed by atoms with van der Waals surface area (Å²) < 4.78 is 67.8. The van der Waals surface area contributed by atoms with Gasteiger partial charge in [-0.2, -0.15) is 4.31 Å². The highest BCUT2D eigenvalue weighted by Gasteiger charge is 2.32. The molecule has 0 amide bonds. The van der Waals surface area contributed by atoms with Crippen molar-refractivity contribution < 1.29 is 26.3 Å². The number of sulfonamides is 1. The van der Waals surface area contributed by atoms with Gasteiger partial charge in [0, 0.05) is 37.1 Å². The number of alkyl halides is 3. The average molecular weight is 484 g/mol. The predicted molar refractivity (Wildman–Crippen MR) is 116 cm³/mol. The van der Waals surface area contributed by atoms with Gasteiger partial charge in [-0.05, 0) is 36.8 Å². The molecule has 32 heavy (non-hydrogen) atoms. The minimum absolute atomic E-state index is 0.0726. The first-order valence-corrected chi connectivity index (χ1v) is 12.1. The van der Waals surface area contributed by atoms with Crippen molar-refractivity contribution in [2.24, 2.45) is 0 Å². The highest BCUT2D eigenvalue weighted by atomic mass is 32.2. The number of hydrogen-bond acceptors (Lipinski definition) is 6. The van der Waals surface area contributed by atoms with E-state index in [1.165, 1.54) is 15.6 Å². The van der Waals surface area contributed by atoms with Crippen LogP contribution in [-0.4, -0.2) is 50.2 Å². The minimum atomic E-state index is -4.83. The van der Waals surface area contributed by atoms with E-state index in [0.717, 1.165) is 46.2 Å². The molecular weight excluding hydrogens is 463 g/mol.